The molecule has 0 aliphatic carbocycles. The van der Waals surface area contributed by atoms with Crippen molar-refractivity contribution in [2.24, 2.45) is 0 Å². The molecular weight excluding hydrogens is 290 g/mol. The number of piperidine rings is 1. The molecule has 0 saturated carbocycles. The molecule has 3 N–H and O–H groups in total. The third-order valence-corrected chi connectivity index (χ3v) is 4.21. The van der Waals surface area contributed by atoms with Crippen LogP contribution in [0.3, 0.4) is 0 Å². The quantitative estimate of drug-likeness (QED) is 0.565. The molecule has 1 unspecified atom stereocenters. The number of carbonyl (C=O) groups excluding carboxylic acids is 1. The van der Waals surface area contributed by atoms with E-state index in [1.807, 2.05) is 22.5 Å². The Morgan fingerprint density at radius 2 is 2.19 bits per heavy atom. The van der Waals surface area contributed by atoms with E-state index in [9.17, 15) is 9.90 Å². The van der Waals surface area contributed by atoms with Gasteiger partial charge in [0.2, 0.25) is 0 Å². The minimum atomic E-state index is -1.39. The molecule has 1 aliphatic rings. The highest BCUT2D eigenvalue weighted by atomic mass is 32.1. The van der Waals surface area contributed by atoms with Gasteiger partial charge in [0.05, 0.1) is 6.61 Å². The summed E-state index contributed by atoms with van der Waals surface area (Å²) in [5, 5.41) is 21.3. The summed E-state index contributed by atoms with van der Waals surface area (Å²) in [6.45, 7) is 0.904. The van der Waals surface area contributed by atoms with Crippen LogP contribution in [0.5, 0.6) is 0 Å². The minimum Gasteiger partial charge on any atom is -0.393 e. The van der Waals surface area contributed by atoms with Crippen molar-refractivity contribution in [3.05, 3.63) is 30.1 Å². The lowest BCUT2D eigenvalue weighted by molar-refractivity contribution is -0.133. The van der Waals surface area contributed by atoms with Crippen LogP contribution < -0.4 is 5.32 Å². The zero-order chi connectivity index (χ0) is 15.3. The van der Waals surface area contributed by atoms with Gasteiger partial charge in [-0.25, -0.2) is 0 Å². The first kappa shape index (κ1) is 16.2. The van der Waals surface area contributed by atoms with E-state index in [2.05, 4.69) is 23.1 Å². The molecule has 1 amide bonds. The summed E-state index contributed by atoms with van der Waals surface area (Å²) in [5.41, 5.74) is 0.435. The minimum absolute atomic E-state index is 0.458. The Bertz CT molecular complexity index is 464. The molecule has 2 heterocycles. The number of amides is 1. The average Bonchev–Trinajstić information content (AvgIpc) is 2.50. The fraction of sp³-hybridized carbons (Fsp3) is 0.571. The van der Waals surface area contributed by atoms with E-state index in [1.54, 1.807) is 6.20 Å². The van der Waals surface area contributed by atoms with Gasteiger partial charge in [0.25, 0.3) is 5.91 Å². The van der Waals surface area contributed by atoms with Crippen molar-refractivity contribution >= 4 is 18.7 Å². The van der Waals surface area contributed by atoms with Crippen LogP contribution in [0.15, 0.2) is 24.4 Å². The first-order valence-electron chi connectivity index (χ1n) is 6.99. The highest BCUT2D eigenvalue weighted by molar-refractivity contribution is 7.77. The van der Waals surface area contributed by atoms with Crippen molar-refractivity contribution in [1.82, 2.24) is 14.6 Å². The normalized spacial score (nSPS) is 20.0. The number of hydrogen-bond donors (Lipinski definition) is 4. The molecule has 0 spiro atoms. The number of hydrogen-bond acceptors (Lipinski definition) is 6. The molecule has 2 rings (SSSR count). The molecule has 21 heavy (non-hydrogen) atoms. The maximum Gasteiger partial charge on any atom is 0.251 e. The first-order chi connectivity index (χ1) is 10.0. The summed E-state index contributed by atoms with van der Waals surface area (Å²) in [6.07, 6.45) is 2.37. The summed E-state index contributed by atoms with van der Waals surface area (Å²) in [7, 11) is 0. The molecule has 0 radical (unpaired) electrons. The molecule has 1 saturated heterocycles. The van der Waals surface area contributed by atoms with Crippen molar-refractivity contribution in [2.75, 3.05) is 19.7 Å². The van der Waals surface area contributed by atoms with E-state index in [0.717, 1.165) is 31.6 Å². The van der Waals surface area contributed by atoms with Gasteiger partial charge in [0.1, 0.15) is 0 Å². The van der Waals surface area contributed by atoms with Crippen LogP contribution in [-0.2, 0) is 11.2 Å². The van der Waals surface area contributed by atoms with Crippen LogP contribution in [0.25, 0.3) is 0 Å². The van der Waals surface area contributed by atoms with Crippen molar-refractivity contribution in [3.8, 4) is 0 Å². The Hall–Kier alpha value is -1.15. The molecule has 1 atom stereocenters. The molecule has 1 aromatic rings. The van der Waals surface area contributed by atoms with Gasteiger partial charge >= 0.3 is 0 Å². The molecular formula is C14H21N3O3S. The second-order valence-corrected chi connectivity index (χ2v) is 5.99. The second-order valence-electron chi connectivity index (χ2n) is 5.42. The molecule has 1 aromatic heterocycles. The molecule has 7 heteroatoms. The highest BCUT2D eigenvalue weighted by Gasteiger charge is 2.37. The van der Waals surface area contributed by atoms with Crippen LogP contribution in [0.2, 0.25) is 0 Å². The summed E-state index contributed by atoms with van der Waals surface area (Å²) in [4.78, 5) is 16.3. The van der Waals surface area contributed by atoms with Crippen molar-refractivity contribution in [3.63, 3.8) is 0 Å². The lowest BCUT2D eigenvalue weighted by Gasteiger charge is -2.41. The molecule has 1 aliphatic heterocycles. The number of aliphatic hydroxyl groups is 2. The van der Waals surface area contributed by atoms with E-state index in [1.165, 1.54) is 0 Å². The lowest BCUT2D eigenvalue weighted by Crippen LogP contribution is -2.58. The Labute approximate surface area is 129 Å². The van der Waals surface area contributed by atoms with E-state index in [-0.39, 0.29) is 0 Å². The second kappa shape index (κ2) is 7.22. The average molecular weight is 311 g/mol. The van der Waals surface area contributed by atoms with Crippen LogP contribution >= 0.6 is 12.8 Å². The van der Waals surface area contributed by atoms with Gasteiger partial charge in [0.15, 0.2) is 6.10 Å². The summed E-state index contributed by atoms with van der Waals surface area (Å²) in [6, 6.07) is 5.68. The summed E-state index contributed by atoms with van der Waals surface area (Å²) >= 11 is 4.33. The van der Waals surface area contributed by atoms with Gasteiger partial charge in [-0.1, -0.05) is 18.9 Å². The molecule has 116 valence electrons. The topological polar surface area (TPSA) is 85.7 Å². The number of pyridine rings is 1. The van der Waals surface area contributed by atoms with Gasteiger partial charge in [-0.3, -0.25) is 14.1 Å². The van der Waals surface area contributed by atoms with Crippen molar-refractivity contribution in [2.45, 2.75) is 30.9 Å². The third kappa shape index (κ3) is 4.41. The van der Waals surface area contributed by atoms with Crippen LogP contribution in [0.4, 0.5) is 0 Å². The summed E-state index contributed by atoms with van der Waals surface area (Å²) in [5.74, 6) is -0.541. The van der Waals surface area contributed by atoms with E-state index >= 15 is 0 Å². The number of aliphatic hydroxyl groups excluding tert-OH is 2. The number of nitrogens with one attached hydrogen (secondary N) is 1. The van der Waals surface area contributed by atoms with Crippen LogP contribution in [0.1, 0.15) is 18.5 Å². The SMILES string of the molecule is O=C(NC1(Cc2ccccn2)CCN(S)CC1)C(O)CO. The lowest BCUT2D eigenvalue weighted by atomic mass is 9.83. The Morgan fingerprint density at radius 3 is 2.76 bits per heavy atom. The summed E-state index contributed by atoms with van der Waals surface area (Å²) < 4.78 is 1.91. The maximum absolute atomic E-state index is 11.9. The third-order valence-electron chi connectivity index (χ3n) is 3.81. The first-order valence-corrected chi connectivity index (χ1v) is 7.39. The van der Waals surface area contributed by atoms with Crippen molar-refractivity contribution in [1.29, 1.82) is 0 Å². The van der Waals surface area contributed by atoms with Gasteiger partial charge in [-0.2, -0.15) is 0 Å². The van der Waals surface area contributed by atoms with Gasteiger partial charge in [-0.05, 0) is 25.0 Å². The van der Waals surface area contributed by atoms with E-state index in [4.69, 9.17) is 5.11 Å². The zero-order valence-electron chi connectivity index (χ0n) is 11.8. The zero-order valence-corrected chi connectivity index (χ0v) is 12.7. The van der Waals surface area contributed by atoms with Crippen LogP contribution in [0, 0.1) is 0 Å². The van der Waals surface area contributed by atoms with Gasteiger partial charge in [-0.15, -0.1) is 0 Å². The number of aromatic nitrogens is 1. The fourth-order valence-electron chi connectivity index (χ4n) is 2.55. The number of rotatable bonds is 5. The molecule has 6 nitrogen and oxygen atoms in total. The van der Waals surface area contributed by atoms with Crippen LogP contribution in [-0.4, -0.2) is 56.7 Å². The largest absolute Gasteiger partial charge is 0.393 e. The van der Waals surface area contributed by atoms with E-state index < -0.39 is 24.2 Å². The molecule has 1 fully saturated rings. The predicted octanol–water partition coefficient (Wildman–Crippen LogP) is -0.227. The smallest absolute Gasteiger partial charge is 0.251 e. The Kier molecular flexibility index (Phi) is 5.58. The number of nitrogens with zero attached hydrogens (tertiary/aromatic N) is 2. The highest BCUT2D eigenvalue weighted by Crippen LogP contribution is 2.27. The number of carbonyl (C=O) groups is 1. The predicted molar refractivity (Wildman–Crippen MR) is 81.7 cm³/mol. The molecule has 0 aromatic carbocycles. The Morgan fingerprint density at radius 1 is 1.48 bits per heavy atom. The van der Waals surface area contributed by atoms with Gasteiger partial charge < -0.3 is 15.5 Å². The van der Waals surface area contributed by atoms with Gasteiger partial charge in [0, 0.05) is 36.9 Å². The number of thiol groups is 1. The fourth-order valence-corrected chi connectivity index (χ4v) is 2.75. The Balaban J connectivity index is 2.13. The van der Waals surface area contributed by atoms with Crippen molar-refractivity contribution < 1.29 is 15.0 Å². The standard InChI is InChI=1S/C14H21N3O3S/c18-10-12(19)13(20)16-14(4-7-17(21)8-5-14)9-11-3-1-2-6-15-11/h1-3,6,12,18-19,21H,4-5,7-10H2,(H,16,20). The monoisotopic (exact) mass is 311 g/mol. The molecule has 0 bridgehead atoms. The van der Waals surface area contributed by atoms with E-state index in [0.29, 0.717) is 6.42 Å². The maximum atomic E-state index is 11.9.